The van der Waals surface area contributed by atoms with Gasteiger partial charge in [0.15, 0.2) is 11.5 Å². The Morgan fingerprint density at radius 1 is 0.958 bits per heavy atom. The molecule has 136 valence electrons. The fourth-order valence-electron chi connectivity index (χ4n) is 3.06. The van der Waals surface area contributed by atoms with Crippen molar-refractivity contribution in [2.45, 2.75) is 69.7 Å². The van der Waals surface area contributed by atoms with Crippen molar-refractivity contribution in [3.8, 4) is 11.5 Å². The van der Waals surface area contributed by atoms with Crippen LogP contribution in [0.5, 0.6) is 11.5 Å². The minimum atomic E-state index is -3.55. The molecule has 6 heteroatoms. The summed E-state index contributed by atoms with van der Waals surface area (Å²) < 4.78 is 39.3. The molecule has 24 heavy (non-hydrogen) atoms. The molecule has 1 fully saturated rings. The van der Waals surface area contributed by atoms with E-state index in [1.807, 2.05) is 13.8 Å². The van der Waals surface area contributed by atoms with Crippen LogP contribution in [-0.4, -0.2) is 27.7 Å². The minimum Gasteiger partial charge on any atom is -0.490 e. The molecule has 1 N–H and O–H groups in total. The molecule has 0 aliphatic heterocycles. The van der Waals surface area contributed by atoms with E-state index in [1.54, 1.807) is 18.2 Å². The molecule has 0 bridgehead atoms. The maximum absolute atomic E-state index is 12.7. The zero-order valence-corrected chi connectivity index (χ0v) is 15.5. The third-order valence-corrected chi connectivity index (χ3v) is 5.77. The van der Waals surface area contributed by atoms with Crippen LogP contribution in [0, 0.1) is 0 Å². The second-order valence-corrected chi connectivity index (χ2v) is 7.85. The van der Waals surface area contributed by atoms with Crippen LogP contribution in [0.1, 0.15) is 58.8 Å². The van der Waals surface area contributed by atoms with Gasteiger partial charge in [0.25, 0.3) is 0 Å². The lowest BCUT2D eigenvalue weighted by atomic mass is 9.97. The molecule has 1 aromatic rings. The highest BCUT2D eigenvalue weighted by Gasteiger charge is 2.22. The molecular weight excluding hydrogens is 326 g/mol. The highest BCUT2D eigenvalue weighted by molar-refractivity contribution is 7.89. The molecule has 1 aliphatic carbocycles. The Labute approximate surface area is 145 Å². The summed E-state index contributed by atoms with van der Waals surface area (Å²) in [6.45, 7) is 4.71. The van der Waals surface area contributed by atoms with E-state index in [1.165, 1.54) is 19.3 Å². The van der Waals surface area contributed by atoms with E-state index < -0.39 is 10.0 Å². The van der Waals surface area contributed by atoms with Gasteiger partial charge < -0.3 is 9.47 Å². The number of sulfonamides is 1. The van der Waals surface area contributed by atoms with Crippen LogP contribution in [0.3, 0.4) is 0 Å². The van der Waals surface area contributed by atoms with Gasteiger partial charge in [0.2, 0.25) is 10.0 Å². The molecule has 0 atom stereocenters. The summed E-state index contributed by atoms with van der Waals surface area (Å²) >= 11 is 0. The standard InChI is InChI=1S/C18H29NO4S/c1-3-22-17-13-12-16(14-18(17)23-4-2)24(20,21)19-15-10-8-6-5-7-9-11-15/h12-15,19H,3-11H2,1-2H3. The summed E-state index contributed by atoms with van der Waals surface area (Å²) in [4.78, 5) is 0.233. The molecule has 0 heterocycles. The third kappa shape index (κ3) is 5.38. The SMILES string of the molecule is CCOc1ccc(S(=O)(=O)NC2CCCCCCC2)cc1OCC. The minimum absolute atomic E-state index is 0.0254. The number of rotatable bonds is 7. The highest BCUT2D eigenvalue weighted by atomic mass is 32.2. The van der Waals surface area contributed by atoms with E-state index in [-0.39, 0.29) is 10.9 Å². The second-order valence-electron chi connectivity index (χ2n) is 6.14. The Kier molecular flexibility index (Phi) is 7.37. The van der Waals surface area contributed by atoms with Crippen molar-refractivity contribution in [3.63, 3.8) is 0 Å². The maximum Gasteiger partial charge on any atom is 0.240 e. The largest absolute Gasteiger partial charge is 0.490 e. The number of ether oxygens (including phenoxy) is 2. The van der Waals surface area contributed by atoms with Gasteiger partial charge in [-0.1, -0.05) is 32.1 Å². The summed E-state index contributed by atoms with van der Waals surface area (Å²) in [5, 5.41) is 0. The molecule has 0 saturated heterocycles. The predicted octanol–water partition coefficient (Wildman–Crippen LogP) is 3.88. The highest BCUT2D eigenvalue weighted by Crippen LogP contribution is 2.30. The first-order valence-corrected chi connectivity index (χ1v) is 10.5. The lowest BCUT2D eigenvalue weighted by Gasteiger charge is -2.21. The monoisotopic (exact) mass is 355 g/mol. The van der Waals surface area contributed by atoms with Crippen LogP contribution >= 0.6 is 0 Å². The lowest BCUT2D eigenvalue weighted by molar-refractivity contribution is 0.287. The molecule has 0 radical (unpaired) electrons. The average Bonchev–Trinajstić information content (AvgIpc) is 2.52. The van der Waals surface area contributed by atoms with E-state index in [4.69, 9.17) is 9.47 Å². The topological polar surface area (TPSA) is 64.6 Å². The lowest BCUT2D eigenvalue weighted by Crippen LogP contribution is -2.35. The molecule has 0 spiro atoms. The van der Waals surface area contributed by atoms with Crippen molar-refractivity contribution < 1.29 is 17.9 Å². The zero-order valence-electron chi connectivity index (χ0n) is 14.7. The van der Waals surface area contributed by atoms with Crippen molar-refractivity contribution in [1.29, 1.82) is 0 Å². The molecule has 0 aromatic heterocycles. The molecule has 1 saturated carbocycles. The first-order valence-electron chi connectivity index (χ1n) is 8.98. The number of hydrogen-bond donors (Lipinski definition) is 1. The quantitative estimate of drug-likeness (QED) is 0.806. The third-order valence-electron chi connectivity index (χ3n) is 4.25. The summed E-state index contributed by atoms with van der Waals surface area (Å²) in [6, 6.07) is 4.83. The van der Waals surface area contributed by atoms with Crippen molar-refractivity contribution in [2.75, 3.05) is 13.2 Å². The zero-order chi connectivity index (χ0) is 17.4. The van der Waals surface area contributed by atoms with E-state index in [0.29, 0.717) is 24.7 Å². The van der Waals surface area contributed by atoms with Crippen molar-refractivity contribution >= 4 is 10.0 Å². The molecule has 0 amide bonds. The Morgan fingerprint density at radius 3 is 2.17 bits per heavy atom. The van der Waals surface area contributed by atoms with Crippen molar-refractivity contribution in [2.24, 2.45) is 0 Å². The summed E-state index contributed by atoms with van der Waals surface area (Å²) in [7, 11) is -3.55. The second kappa shape index (κ2) is 9.28. The summed E-state index contributed by atoms with van der Waals surface area (Å²) in [5.41, 5.74) is 0. The average molecular weight is 356 g/mol. The number of benzene rings is 1. The van der Waals surface area contributed by atoms with Crippen molar-refractivity contribution in [3.05, 3.63) is 18.2 Å². The van der Waals surface area contributed by atoms with Gasteiger partial charge in [-0.2, -0.15) is 0 Å². The fourth-order valence-corrected chi connectivity index (χ4v) is 4.38. The van der Waals surface area contributed by atoms with Crippen LogP contribution in [0.25, 0.3) is 0 Å². The van der Waals surface area contributed by atoms with E-state index >= 15 is 0 Å². The Bertz CT molecular complexity index is 607. The Hall–Kier alpha value is -1.27. The Morgan fingerprint density at radius 2 is 1.54 bits per heavy atom. The smallest absolute Gasteiger partial charge is 0.240 e. The van der Waals surface area contributed by atoms with E-state index in [9.17, 15) is 8.42 Å². The van der Waals surface area contributed by atoms with Crippen LogP contribution in [0.15, 0.2) is 23.1 Å². The van der Waals surface area contributed by atoms with Crippen LogP contribution in [-0.2, 0) is 10.0 Å². The van der Waals surface area contributed by atoms with Gasteiger partial charge in [-0.3, -0.25) is 0 Å². The van der Waals surface area contributed by atoms with Crippen LogP contribution in [0.2, 0.25) is 0 Å². The molecule has 2 rings (SSSR count). The normalized spacial score (nSPS) is 17.1. The van der Waals surface area contributed by atoms with E-state index in [2.05, 4.69) is 4.72 Å². The summed E-state index contributed by atoms with van der Waals surface area (Å²) in [5.74, 6) is 1.05. The first kappa shape index (κ1) is 19.1. The fraction of sp³-hybridized carbons (Fsp3) is 0.667. The van der Waals surface area contributed by atoms with Crippen LogP contribution < -0.4 is 14.2 Å². The predicted molar refractivity (Wildman–Crippen MR) is 95.2 cm³/mol. The van der Waals surface area contributed by atoms with Gasteiger partial charge in [-0.25, -0.2) is 13.1 Å². The van der Waals surface area contributed by atoms with Gasteiger partial charge in [-0.15, -0.1) is 0 Å². The van der Waals surface area contributed by atoms with E-state index in [0.717, 1.165) is 25.7 Å². The molecule has 1 aromatic carbocycles. The summed E-state index contributed by atoms with van der Waals surface area (Å²) in [6.07, 6.45) is 7.63. The maximum atomic E-state index is 12.7. The van der Waals surface area contributed by atoms with Gasteiger partial charge in [0, 0.05) is 12.1 Å². The first-order chi connectivity index (χ1) is 11.6. The molecule has 5 nitrogen and oxygen atoms in total. The van der Waals surface area contributed by atoms with Gasteiger partial charge in [-0.05, 0) is 38.8 Å². The number of nitrogens with one attached hydrogen (secondary N) is 1. The van der Waals surface area contributed by atoms with Gasteiger partial charge in [0.05, 0.1) is 18.1 Å². The molecular formula is C18H29NO4S. The Balaban J connectivity index is 2.16. The van der Waals surface area contributed by atoms with Gasteiger partial charge in [0.1, 0.15) is 0 Å². The van der Waals surface area contributed by atoms with Gasteiger partial charge >= 0.3 is 0 Å². The molecule has 1 aliphatic rings. The van der Waals surface area contributed by atoms with Crippen molar-refractivity contribution in [1.82, 2.24) is 4.72 Å². The number of hydrogen-bond acceptors (Lipinski definition) is 4. The van der Waals surface area contributed by atoms with Crippen LogP contribution in [0.4, 0.5) is 0 Å². The molecule has 0 unspecified atom stereocenters.